The van der Waals surface area contributed by atoms with E-state index in [1.807, 2.05) is 36.5 Å². The first-order valence-corrected chi connectivity index (χ1v) is 10.2. The third-order valence-corrected chi connectivity index (χ3v) is 5.42. The number of hydrogen-bond donors (Lipinski definition) is 0. The molecule has 0 aliphatic heterocycles. The molecule has 32 heavy (non-hydrogen) atoms. The van der Waals surface area contributed by atoms with Crippen LogP contribution in [0.5, 0.6) is 0 Å². The van der Waals surface area contributed by atoms with E-state index in [-0.39, 0.29) is 20.1 Å². The second-order valence-corrected chi connectivity index (χ2v) is 7.28. The Morgan fingerprint density at radius 3 is 2.06 bits per heavy atom. The Morgan fingerprint density at radius 1 is 0.719 bits per heavy atom. The first kappa shape index (κ1) is 20.3. The van der Waals surface area contributed by atoms with E-state index in [4.69, 9.17) is 4.42 Å². The molecular weight excluding hydrogens is 575 g/mol. The van der Waals surface area contributed by atoms with Crippen molar-refractivity contribution in [1.29, 1.82) is 0 Å². The van der Waals surface area contributed by atoms with Crippen molar-refractivity contribution in [3.63, 3.8) is 0 Å². The second kappa shape index (κ2) is 8.46. The van der Waals surface area contributed by atoms with E-state index in [2.05, 4.69) is 82.8 Å². The van der Waals surface area contributed by atoms with Gasteiger partial charge in [-0.15, -0.1) is 0 Å². The Bertz CT molecular complexity index is 1440. The zero-order valence-electron chi connectivity index (χ0n) is 17.0. The summed E-state index contributed by atoms with van der Waals surface area (Å²) in [6, 6.07) is 36.1. The van der Waals surface area contributed by atoms with Crippen LogP contribution in [0, 0.1) is 6.07 Å². The van der Waals surface area contributed by atoms with Gasteiger partial charge in [-0.2, -0.15) is 23.3 Å². The van der Waals surface area contributed by atoms with E-state index in [1.54, 1.807) is 10.9 Å². The summed E-state index contributed by atoms with van der Waals surface area (Å²) in [4.78, 5) is 2.22. The molecule has 0 amide bonds. The van der Waals surface area contributed by atoms with E-state index in [1.165, 1.54) is 0 Å². The fourth-order valence-electron chi connectivity index (χ4n) is 4.06. The number of para-hydroxylation sites is 3. The quantitative estimate of drug-likeness (QED) is 0.206. The molecule has 0 aliphatic carbocycles. The van der Waals surface area contributed by atoms with E-state index in [0.717, 1.165) is 44.7 Å². The molecule has 0 unspecified atom stereocenters. The maximum Gasteiger partial charge on any atom is 0.141 e. The Labute approximate surface area is 199 Å². The standard InChI is InChI=1S/C27H18N3O.Ir/c1-3-10-20(11-4-1)30(21-12-5-2-6-13-21)25-17-8-15-23-22-14-7-16-24(26(22)31-27(23)25)29-19-9-18-28-29;/h1-15,17-19H;/q-1;. The minimum Gasteiger partial charge on any atom is -0.511 e. The Kier molecular flexibility index (Phi) is 5.36. The molecular formula is C27H18IrN3O-. The van der Waals surface area contributed by atoms with Crippen molar-refractivity contribution in [2.45, 2.75) is 0 Å². The summed E-state index contributed by atoms with van der Waals surface area (Å²) >= 11 is 0. The van der Waals surface area contributed by atoms with Crippen LogP contribution in [-0.4, -0.2) is 9.78 Å². The summed E-state index contributed by atoms with van der Waals surface area (Å²) in [6.45, 7) is 0. The van der Waals surface area contributed by atoms with Gasteiger partial charge in [-0.1, -0.05) is 53.9 Å². The first-order valence-electron chi connectivity index (χ1n) is 10.2. The Hall–Kier alpha value is -3.66. The van der Waals surface area contributed by atoms with Crippen LogP contribution >= 0.6 is 0 Å². The molecule has 0 N–H and O–H groups in total. The van der Waals surface area contributed by atoms with Crippen molar-refractivity contribution in [2.75, 3.05) is 4.90 Å². The van der Waals surface area contributed by atoms with Gasteiger partial charge in [0.15, 0.2) is 0 Å². The van der Waals surface area contributed by atoms with Crippen LogP contribution in [0.15, 0.2) is 114 Å². The molecule has 0 bridgehead atoms. The van der Waals surface area contributed by atoms with E-state index >= 15 is 0 Å². The maximum absolute atomic E-state index is 6.53. The topological polar surface area (TPSA) is 34.2 Å². The van der Waals surface area contributed by atoms with Gasteiger partial charge in [-0.25, -0.2) is 0 Å². The van der Waals surface area contributed by atoms with Gasteiger partial charge in [0, 0.05) is 54.8 Å². The third kappa shape index (κ3) is 3.32. The molecule has 4 nitrogen and oxygen atoms in total. The molecule has 6 rings (SSSR count). The van der Waals surface area contributed by atoms with Gasteiger partial charge < -0.3 is 9.32 Å². The summed E-state index contributed by atoms with van der Waals surface area (Å²) in [7, 11) is 0. The molecule has 6 aromatic rings. The summed E-state index contributed by atoms with van der Waals surface area (Å²) < 4.78 is 8.32. The van der Waals surface area contributed by atoms with E-state index in [9.17, 15) is 0 Å². The molecule has 0 atom stereocenters. The van der Waals surface area contributed by atoms with Gasteiger partial charge in [0.05, 0.1) is 5.69 Å². The average molecular weight is 593 g/mol. The van der Waals surface area contributed by atoms with Gasteiger partial charge in [-0.3, -0.25) is 4.68 Å². The molecule has 2 heterocycles. The summed E-state index contributed by atoms with van der Waals surface area (Å²) in [5.74, 6) is 0. The van der Waals surface area contributed by atoms with Gasteiger partial charge in [-0.05, 0) is 42.1 Å². The van der Waals surface area contributed by atoms with Crippen LogP contribution in [0.1, 0.15) is 0 Å². The molecule has 1 radical (unpaired) electrons. The van der Waals surface area contributed by atoms with Crippen molar-refractivity contribution < 1.29 is 24.5 Å². The predicted octanol–water partition coefficient (Wildman–Crippen LogP) is 7.04. The number of rotatable bonds is 4. The predicted molar refractivity (Wildman–Crippen MR) is 124 cm³/mol. The average Bonchev–Trinajstić information content (AvgIpc) is 3.49. The SMILES string of the molecule is [Ir].[c-]1ccc2c(oc3c(N(c4ccccc4)c4ccccc4)cccc32)c1-n1cccn1. The fraction of sp³-hybridized carbons (Fsp3) is 0. The molecule has 4 aromatic carbocycles. The molecule has 0 fully saturated rings. The molecule has 0 spiro atoms. The van der Waals surface area contributed by atoms with Gasteiger partial charge >= 0.3 is 0 Å². The van der Waals surface area contributed by atoms with Gasteiger partial charge in [0.25, 0.3) is 0 Å². The normalized spacial score (nSPS) is 10.9. The fourth-order valence-corrected chi connectivity index (χ4v) is 4.06. The summed E-state index contributed by atoms with van der Waals surface area (Å²) in [5.41, 5.74) is 5.53. The van der Waals surface area contributed by atoms with E-state index < -0.39 is 0 Å². The van der Waals surface area contributed by atoms with Gasteiger partial charge in [0.1, 0.15) is 5.58 Å². The number of aromatic nitrogens is 2. The second-order valence-electron chi connectivity index (χ2n) is 7.28. The summed E-state index contributed by atoms with van der Waals surface area (Å²) in [6.07, 6.45) is 3.66. The zero-order valence-corrected chi connectivity index (χ0v) is 19.4. The van der Waals surface area contributed by atoms with Crippen LogP contribution in [-0.2, 0) is 20.1 Å². The molecule has 0 aliphatic rings. The number of nitrogens with zero attached hydrogens (tertiary/aromatic N) is 3. The molecule has 5 heteroatoms. The van der Waals surface area contributed by atoms with Crippen molar-refractivity contribution in [2.24, 2.45) is 0 Å². The zero-order chi connectivity index (χ0) is 20.6. The number of furan rings is 1. The monoisotopic (exact) mass is 593 g/mol. The molecule has 0 saturated carbocycles. The Morgan fingerprint density at radius 2 is 1.41 bits per heavy atom. The molecule has 0 saturated heterocycles. The molecule has 2 aromatic heterocycles. The van der Waals surface area contributed by atoms with Crippen LogP contribution in [0.25, 0.3) is 27.6 Å². The largest absolute Gasteiger partial charge is 0.511 e. The van der Waals surface area contributed by atoms with Crippen molar-refractivity contribution in [3.05, 3.63) is 116 Å². The summed E-state index contributed by atoms with van der Waals surface area (Å²) in [5, 5.41) is 6.48. The first-order chi connectivity index (χ1) is 15.4. The van der Waals surface area contributed by atoms with Crippen molar-refractivity contribution in [3.8, 4) is 5.69 Å². The van der Waals surface area contributed by atoms with Crippen LogP contribution in [0.3, 0.4) is 0 Å². The minimum atomic E-state index is 0. The van der Waals surface area contributed by atoms with Crippen molar-refractivity contribution in [1.82, 2.24) is 9.78 Å². The Balaban J connectivity index is 0.00000216. The maximum atomic E-state index is 6.53. The molecule has 157 valence electrons. The van der Waals surface area contributed by atoms with Crippen molar-refractivity contribution >= 4 is 39.0 Å². The number of benzene rings is 4. The number of fused-ring (bicyclic) bond motifs is 3. The van der Waals surface area contributed by atoms with Crippen LogP contribution in [0.2, 0.25) is 0 Å². The number of hydrogen-bond acceptors (Lipinski definition) is 3. The minimum absolute atomic E-state index is 0. The third-order valence-electron chi connectivity index (χ3n) is 5.42. The van der Waals surface area contributed by atoms with Crippen LogP contribution < -0.4 is 4.90 Å². The smallest absolute Gasteiger partial charge is 0.141 e. The number of anilines is 3. The van der Waals surface area contributed by atoms with E-state index in [0.29, 0.717) is 0 Å². The van der Waals surface area contributed by atoms with Gasteiger partial charge in [0.2, 0.25) is 0 Å². The van der Waals surface area contributed by atoms with Crippen LogP contribution in [0.4, 0.5) is 17.1 Å².